The van der Waals surface area contributed by atoms with Crippen LogP contribution in [0.4, 0.5) is 0 Å². The first-order valence-electron chi connectivity index (χ1n) is 8.11. The van der Waals surface area contributed by atoms with Gasteiger partial charge in [0.15, 0.2) is 0 Å². The Hall–Kier alpha value is -2.02. The van der Waals surface area contributed by atoms with Gasteiger partial charge < -0.3 is 0 Å². The summed E-state index contributed by atoms with van der Waals surface area (Å²) in [5.74, 6) is 0.379. The second kappa shape index (κ2) is 7.70. The molecule has 1 fully saturated rings. The molecule has 3 rings (SSSR count). The zero-order chi connectivity index (χ0) is 16.9. The smallest absolute Gasteiger partial charge is 0.258 e. The van der Waals surface area contributed by atoms with E-state index in [2.05, 4.69) is 53.4 Å². The van der Waals surface area contributed by atoms with E-state index in [9.17, 15) is 4.79 Å². The average Bonchev–Trinajstić information content (AvgIpc) is 3.26. The van der Waals surface area contributed by atoms with Gasteiger partial charge in [0.1, 0.15) is 6.04 Å². The summed E-state index contributed by atoms with van der Waals surface area (Å²) in [6, 6.07) is 12.2. The van der Waals surface area contributed by atoms with Gasteiger partial charge in [-0.3, -0.25) is 4.79 Å². The lowest BCUT2D eigenvalue weighted by atomic mass is 10.0. The summed E-state index contributed by atoms with van der Waals surface area (Å²) in [7, 11) is 0. The lowest BCUT2D eigenvalue weighted by Gasteiger charge is -2.07. The third-order valence-corrected chi connectivity index (χ3v) is 5.08. The van der Waals surface area contributed by atoms with Crippen molar-refractivity contribution in [2.75, 3.05) is 0 Å². The number of hydrazone groups is 1. The number of benzene rings is 1. The third kappa shape index (κ3) is 4.08. The summed E-state index contributed by atoms with van der Waals surface area (Å²) in [6.07, 6.45) is 2.38. The van der Waals surface area contributed by atoms with Gasteiger partial charge in [-0.05, 0) is 34.9 Å². The number of carbonyl (C=O) groups is 1. The van der Waals surface area contributed by atoms with E-state index < -0.39 is 0 Å². The maximum Gasteiger partial charge on any atom is 0.258 e. The van der Waals surface area contributed by atoms with Gasteiger partial charge in [0.2, 0.25) is 0 Å². The molecule has 5 nitrogen and oxygen atoms in total. The predicted molar refractivity (Wildman–Crippen MR) is 98.0 cm³/mol. The van der Waals surface area contributed by atoms with Gasteiger partial charge in [-0.2, -0.15) is 5.10 Å². The number of hydrogen-bond donors (Lipinski definition) is 3. The van der Waals surface area contributed by atoms with Gasteiger partial charge in [-0.15, -0.1) is 11.3 Å². The van der Waals surface area contributed by atoms with Gasteiger partial charge >= 0.3 is 0 Å². The number of nitrogens with zero attached hydrogens (tertiary/aromatic N) is 1. The highest BCUT2D eigenvalue weighted by atomic mass is 32.1. The predicted octanol–water partition coefficient (Wildman–Crippen LogP) is 2.93. The molecule has 1 aromatic carbocycles. The third-order valence-electron chi connectivity index (χ3n) is 4.10. The summed E-state index contributed by atoms with van der Waals surface area (Å²) in [4.78, 5) is 13.4. The van der Waals surface area contributed by atoms with Gasteiger partial charge in [-0.1, -0.05) is 44.2 Å². The zero-order valence-electron chi connectivity index (χ0n) is 13.8. The SMILES string of the molecule is CC(C)c1ccc(/C=N/NC(=O)C2CC(c3cccs3)NN2)cc1. The molecule has 2 heterocycles. The maximum atomic E-state index is 12.2. The first-order valence-corrected chi connectivity index (χ1v) is 8.99. The topological polar surface area (TPSA) is 65.5 Å². The zero-order valence-corrected chi connectivity index (χ0v) is 14.6. The second-order valence-corrected chi connectivity index (χ2v) is 7.18. The van der Waals surface area contributed by atoms with Crippen molar-refractivity contribution in [2.24, 2.45) is 5.10 Å². The fourth-order valence-electron chi connectivity index (χ4n) is 2.62. The van der Waals surface area contributed by atoms with E-state index in [4.69, 9.17) is 0 Å². The van der Waals surface area contributed by atoms with Crippen LogP contribution in [0, 0.1) is 0 Å². The molecule has 0 radical (unpaired) electrons. The van der Waals surface area contributed by atoms with Crippen molar-refractivity contribution < 1.29 is 4.79 Å². The summed E-state index contributed by atoms with van der Waals surface area (Å²) < 4.78 is 0. The minimum atomic E-state index is -0.280. The molecule has 2 unspecified atom stereocenters. The minimum Gasteiger partial charge on any atom is -0.271 e. The van der Waals surface area contributed by atoms with Crippen LogP contribution in [-0.2, 0) is 4.79 Å². The number of thiophene rings is 1. The number of amides is 1. The quantitative estimate of drug-likeness (QED) is 0.578. The van der Waals surface area contributed by atoms with E-state index in [0.717, 1.165) is 5.56 Å². The summed E-state index contributed by atoms with van der Waals surface area (Å²) >= 11 is 1.69. The van der Waals surface area contributed by atoms with Crippen molar-refractivity contribution in [3.05, 3.63) is 57.8 Å². The molecule has 0 saturated carbocycles. The van der Waals surface area contributed by atoms with Gasteiger partial charge in [0, 0.05) is 4.88 Å². The molecule has 2 atom stereocenters. The van der Waals surface area contributed by atoms with Crippen molar-refractivity contribution in [1.82, 2.24) is 16.3 Å². The molecule has 3 N–H and O–H groups in total. The van der Waals surface area contributed by atoms with Crippen LogP contribution >= 0.6 is 11.3 Å². The van der Waals surface area contributed by atoms with Crippen molar-refractivity contribution in [1.29, 1.82) is 0 Å². The Balaban J connectivity index is 1.50. The Morgan fingerprint density at radius 3 is 2.75 bits per heavy atom. The fourth-order valence-corrected chi connectivity index (χ4v) is 3.41. The Morgan fingerprint density at radius 1 is 1.29 bits per heavy atom. The summed E-state index contributed by atoms with van der Waals surface area (Å²) in [6.45, 7) is 4.32. The molecular weight excluding hydrogens is 320 g/mol. The van der Waals surface area contributed by atoms with Gasteiger partial charge in [0.05, 0.1) is 12.3 Å². The monoisotopic (exact) mass is 342 g/mol. The second-order valence-electron chi connectivity index (χ2n) is 6.20. The molecule has 126 valence electrons. The Kier molecular flexibility index (Phi) is 5.40. The average molecular weight is 342 g/mol. The minimum absolute atomic E-state index is 0.128. The van der Waals surface area contributed by atoms with Crippen molar-refractivity contribution in [3.8, 4) is 0 Å². The van der Waals surface area contributed by atoms with Crippen LogP contribution in [0.25, 0.3) is 0 Å². The van der Waals surface area contributed by atoms with E-state index >= 15 is 0 Å². The number of carbonyl (C=O) groups excluding carboxylic acids is 1. The van der Waals surface area contributed by atoms with Gasteiger partial charge in [-0.25, -0.2) is 16.3 Å². The molecule has 0 bridgehead atoms. The van der Waals surface area contributed by atoms with E-state index in [1.165, 1.54) is 10.4 Å². The first-order chi connectivity index (χ1) is 11.6. The normalized spacial score (nSPS) is 20.8. The molecule has 0 aliphatic carbocycles. The van der Waals surface area contributed by atoms with Crippen LogP contribution in [-0.4, -0.2) is 18.2 Å². The van der Waals surface area contributed by atoms with Crippen LogP contribution in [0.3, 0.4) is 0 Å². The number of nitrogens with one attached hydrogen (secondary N) is 3. The standard InChI is InChI=1S/C18H22N4OS/c1-12(2)14-7-5-13(6-8-14)11-19-22-18(23)16-10-15(20-21-16)17-4-3-9-24-17/h3-9,11-12,15-16,20-21H,10H2,1-2H3,(H,22,23)/b19-11+. The summed E-state index contributed by atoms with van der Waals surface area (Å²) in [5, 5.41) is 6.10. The first kappa shape index (κ1) is 16.8. The molecular formula is C18H22N4OS. The Labute approximate surface area is 146 Å². The van der Waals surface area contributed by atoms with E-state index in [1.807, 2.05) is 23.6 Å². The molecule has 1 saturated heterocycles. The molecule has 1 amide bonds. The van der Waals surface area contributed by atoms with E-state index in [0.29, 0.717) is 12.3 Å². The summed E-state index contributed by atoms with van der Waals surface area (Å²) in [5.41, 5.74) is 11.1. The molecule has 6 heteroatoms. The van der Waals surface area contributed by atoms with Crippen molar-refractivity contribution >= 4 is 23.5 Å². The van der Waals surface area contributed by atoms with Crippen LogP contribution in [0.1, 0.15) is 48.2 Å². The van der Waals surface area contributed by atoms with Crippen LogP contribution < -0.4 is 16.3 Å². The molecule has 1 aliphatic heterocycles. The number of hydrogen-bond acceptors (Lipinski definition) is 5. The van der Waals surface area contributed by atoms with Gasteiger partial charge in [0.25, 0.3) is 5.91 Å². The highest BCUT2D eigenvalue weighted by Crippen LogP contribution is 2.25. The molecule has 2 aromatic rings. The van der Waals surface area contributed by atoms with Crippen molar-refractivity contribution in [3.63, 3.8) is 0 Å². The number of rotatable bonds is 5. The highest BCUT2D eigenvalue weighted by Gasteiger charge is 2.30. The van der Waals surface area contributed by atoms with E-state index in [-0.39, 0.29) is 18.0 Å². The molecule has 1 aliphatic rings. The lowest BCUT2D eigenvalue weighted by Crippen LogP contribution is -2.41. The van der Waals surface area contributed by atoms with E-state index in [1.54, 1.807) is 17.6 Å². The fraction of sp³-hybridized carbons (Fsp3) is 0.333. The highest BCUT2D eigenvalue weighted by molar-refractivity contribution is 7.10. The molecule has 24 heavy (non-hydrogen) atoms. The van der Waals surface area contributed by atoms with Crippen molar-refractivity contribution in [2.45, 2.75) is 38.3 Å². The Bertz CT molecular complexity index is 694. The largest absolute Gasteiger partial charge is 0.271 e. The number of hydrazine groups is 1. The lowest BCUT2D eigenvalue weighted by molar-refractivity contribution is -0.122. The van der Waals surface area contributed by atoms with Crippen LogP contribution in [0.15, 0.2) is 46.9 Å². The molecule has 0 spiro atoms. The molecule has 1 aromatic heterocycles. The Morgan fingerprint density at radius 2 is 2.08 bits per heavy atom. The maximum absolute atomic E-state index is 12.2. The van der Waals surface area contributed by atoms with Crippen LogP contribution in [0.5, 0.6) is 0 Å². The van der Waals surface area contributed by atoms with Crippen LogP contribution in [0.2, 0.25) is 0 Å².